The quantitative estimate of drug-likeness (QED) is 0.630. The Hall–Kier alpha value is -0.330. The van der Waals surface area contributed by atoms with Crippen molar-refractivity contribution in [1.82, 2.24) is 0 Å². The van der Waals surface area contributed by atoms with Crippen LogP contribution in [0, 0.1) is 11.8 Å². The van der Waals surface area contributed by atoms with Gasteiger partial charge in [0.15, 0.2) is 0 Å². The van der Waals surface area contributed by atoms with Gasteiger partial charge < -0.3 is 0 Å². The van der Waals surface area contributed by atoms with Crippen LogP contribution in [0.4, 0.5) is 0 Å². The maximum Gasteiger partial charge on any atom is 0.136 e. The first-order valence-electron chi connectivity index (χ1n) is 5.28. The van der Waals surface area contributed by atoms with Gasteiger partial charge in [-0.2, -0.15) is 0 Å². The van der Waals surface area contributed by atoms with Crippen LogP contribution in [0.5, 0.6) is 0 Å². The summed E-state index contributed by atoms with van der Waals surface area (Å²) in [5, 5.41) is 0. The van der Waals surface area contributed by atoms with Crippen LogP contribution in [0.15, 0.2) is 0 Å². The molecule has 12 heavy (non-hydrogen) atoms. The third kappa shape index (κ3) is 2.33. The van der Waals surface area contributed by atoms with E-state index in [9.17, 15) is 4.79 Å². The summed E-state index contributed by atoms with van der Waals surface area (Å²) in [5.74, 6) is 1.58. The zero-order chi connectivity index (χ0) is 8.97. The van der Waals surface area contributed by atoms with Crippen molar-refractivity contribution in [2.75, 3.05) is 0 Å². The van der Waals surface area contributed by atoms with Crippen LogP contribution in [-0.2, 0) is 4.79 Å². The van der Waals surface area contributed by atoms with Crippen molar-refractivity contribution in [2.24, 2.45) is 11.8 Å². The molecule has 0 aliphatic heterocycles. The van der Waals surface area contributed by atoms with Gasteiger partial charge in [-0.1, -0.05) is 33.1 Å². The molecular formula is C11H20O. The first kappa shape index (κ1) is 9.76. The second-order valence-corrected chi connectivity index (χ2v) is 4.08. The minimum atomic E-state index is 0.413. The van der Waals surface area contributed by atoms with Gasteiger partial charge in [-0.25, -0.2) is 0 Å². The molecule has 1 aliphatic carbocycles. The Kier molecular flexibility index (Phi) is 3.77. The first-order chi connectivity index (χ1) is 5.75. The molecule has 1 rings (SSSR count). The standard InChI is InChI=1S/C11H20O/c1-3-4-6-9(2)10-7-5-8-11(10)12/h9-10H,3-8H2,1-2H3/t9?,10-/m0/s1. The molecule has 0 aromatic rings. The molecule has 0 N–H and O–H groups in total. The number of hydrogen-bond acceptors (Lipinski definition) is 1. The Bertz CT molecular complexity index is 151. The van der Waals surface area contributed by atoms with Gasteiger partial charge in [-0.15, -0.1) is 0 Å². The molecular weight excluding hydrogens is 148 g/mol. The van der Waals surface area contributed by atoms with Crippen LogP contribution in [0.2, 0.25) is 0 Å². The van der Waals surface area contributed by atoms with Gasteiger partial charge in [0.1, 0.15) is 5.78 Å². The number of unbranched alkanes of at least 4 members (excludes halogenated alkanes) is 1. The van der Waals surface area contributed by atoms with Crippen molar-refractivity contribution < 1.29 is 4.79 Å². The molecule has 0 spiro atoms. The fraction of sp³-hybridized carbons (Fsp3) is 0.909. The molecule has 2 atom stereocenters. The van der Waals surface area contributed by atoms with E-state index in [0.717, 1.165) is 19.3 Å². The fourth-order valence-corrected chi connectivity index (χ4v) is 2.17. The summed E-state index contributed by atoms with van der Waals surface area (Å²) in [6, 6.07) is 0. The molecule has 1 aliphatic rings. The van der Waals surface area contributed by atoms with Crippen molar-refractivity contribution in [3.05, 3.63) is 0 Å². The number of hydrogen-bond donors (Lipinski definition) is 0. The summed E-state index contributed by atoms with van der Waals surface area (Å²) in [5.41, 5.74) is 0. The minimum absolute atomic E-state index is 0.413. The summed E-state index contributed by atoms with van der Waals surface area (Å²) < 4.78 is 0. The smallest absolute Gasteiger partial charge is 0.136 e. The monoisotopic (exact) mass is 168 g/mol. The van der Waals surface area contributed by atoms with Crippen LogP contribution in [0.25, 0.3) is 0 Å². The second kappa shape index (κ2) is 4.64. The van der Waals surface area contributed by atoms with Crippen LogP contribution in [0.3, 0.4) is 0 Å². The lowest BCUT2D eigenvalue weighted by Gasteiger charge is -2.16. The average Bonchev–Trinajstić information content (AvgIpc) is 2.47. The molecule has 1 fully saturated rings. The SMILES string of the molecule is CCCCC(C)[C@@H]1CCCC1=O. The Labute approximate surface area is 75.5 Å². The maximum absolute atomic E-state index is 11.4. The van der Waals surface area contributed by atoms with E-state index in [0.29, 0.717) is 17.6 Å². The summed E-state index contributed by atoms with van der Waals surface area (Å²) in [4.78, 5) is 11.4. The molecule has 0 bridgehead atoms. The molecule has 70 valence electrons. The number of carbonyl (C=O) groups excluding carboxylic acids is 1. The molecule has 0 radical (unpaired) electrons. The van der Waals surface area contributed by atoms with Crippen LogP contribution < -0.4 is 0 Å². The summed E-state index contributed by atoms with van der Waals surface area (Å²) in [6.07, 6.45) is 6.92. The lowest BCUT2D eigenvalue weighted by Crippen LogP contribution is -2.15. The van der Waals surface area contributed by atoms with Crippen molar-refractivity contribution in [1.29, 1.82) is 0 Å². The zero-order valence-electron chi connectivity index (χ0n) is 8.31. The molecule has 1 heteroatoms. The minimum Gasteiger partial charge on any atom is -0.299 e. The third-order valence-corrected chi connectivity index (χ3v) is 3.05. The average molecular weight is 168 g/mol. The van der Waals surface area contributed by atoms with Gasteiger partial charge >= 0.3 is 0 Å². The summed E-state index contributed by atoms with van der Waals surface area (Å²) >= 11 is 0. The van der Waals surface area contributed by atoms with E-state index in [-0.39, 0.29) is 0 Å². The number of Topliss-reactive ketones (excluding diaryl/α,β-unsaturated/α-hetero) is 1. The number of rotatable bonds is 4. The second-order valence-electron chi connectivity index (χ2n) is 4.08. The maximum atomic E-state index is 11.4. The van der Waals surface area contributed by atoms with Crippen LogP contribution in [0.1, 0.15) is 52.4 Å². The van der Waals surface area contributed by atoms with Gasteiger partial charge in [-0.3, -0.25) is 4.79 Å². The van der Waals surface area contributed by atoms with E-state index in [1.807, 2.05) is 0 Å². The topological polar surface area (TPSA) is 17.1 Å². The highest BCUT2D eigenvalue weighted by Crippen LogP contribution is 2.30. The van der Waals surface area contributed by atoms with Crippen molar-refractivity contribution in [2.45, 2.75) is 52.4 Å². The molecule has 0 saturated heterocycles. The van der Waals surface area contributed by atoms with Crippen molar-refractivity contribution in [3.63, 3.8) is 0 Å². The van der Waals surface area contributed by atoms with E-state index >= 15 is 0 Å². The van der Waals surface area contributed by atoms with Gasteiger partial charge in [0, 0.05) is 12.3 Å². The van der Waals surface area contributed by atoms with Crippen LogP contribution >= 0.6 is 0 Å². The van der Waals surface area contributed by atoms with Crippen molar-refractivity contribution >= 4 is 5.78 Å². The van der Waals surface area contributed by atoms with Crippen molar-refractivity contribution in [3.8, 4) is 0 Å². The Balaban J connectivity index is 2.30. The summed E-state index contributed by atoms with van der Waals surface area (Å²) in [6.45, 7) is 4.45. The zero-order valence-corrected chi connectivity index (χ0v) is 8.31. The van der Waals surface area contributed by atoms with E-state index < -0.39 is 0 Å². The largest absolute Gasteiger partial charge is 0.299 e. The third-order valence-electron chi connectivity index (χ3n) is 3.05. The normalized spacial score (nSPS) is 26.2. The van der Waals surface area contributed by atoms with Gasteiger partial charge in [0.05, 0.1) is 0 Å². The predicted octanol–water partition coefficient (Wildman–Crippen LogP) is 3.18. The molecule has 0 aromatic carbocycles. The van der Waals surface area contributed by atoms with Gasteiger partial charge in [-0.05, 0) is 18.8 Å². The number of carbonyl (C=O) groups is 1. The predicted molar refractivity (Wildman–Crippen MR) is 51.0 cm³/mol. The van der Waals surface area contributed by atoms with Gasteiger partial charge in [0.2, 0.25) is 0 Å². The van der Waals surface area contributed by atoms with Crippen LogP contribution in [-0.4, -0.2) is 5.78 Å². The van der Waals surface area contributed by atoms with Gasteiger partial charge in [0.25, 0.3) is 0 Å². The molecule has 0 amide bonds. The number of ketones is 1. The molecule has 1 nitrogen and oxygen atoms in total. The molecule has 0 aromatic heterocycles. The Morgan fingerprint density at radius 1 is 1.58 bits per heavy atom. The lowest BCUT2D eigenvalue weighted by atomic mass is 9.88. The fourth-order valence-electron chi connectivity index (χ4n) is 2.17. The van der Waals surface area contributed by atoms with E-state index in [4.69, 9.17) is 0 Å². The summed E-state index contributed by atoms with van der Waals surface area (Å²) in [7, 11) is 0. The highest BCUT2D eigenvalue weighted by Gasteiger charge is 2.28. The van der Waals surface area contributed by atoms with E-state index in [2.05, 4.69) is 13.8 Å². The lowest BCUT2D eigenvalue weighted by molar-refractivity contribution is -0.121. The molecule has 1 unspecified atom stereocenters. The Morgan fingerprint density at radius 3 is 2.83 bits per heavy atom. The highest BCUT2D eigenvalue weighted by atomic mass is 16.1. The van der Waals surface area contributed by atoms with E-state index in [1.54, 1.807) is 0 Å². The molecule has 1 saturated carbocycles. The van der Waals surface area contributed by atoms with E-state index in [1.165, 1.54) is 19.3 Å². The first-order valence-corrected chi connectivity index (χ1v) is 5.28. The molecule has 0 heterocycles. The highest BCUT2D eigenvalue weighted by molar-refractivity contribution is 5.83. The Morgan fingerprint density at radius 2 is 2.33 bits per heavy atom.